The van der Waals surface area contributed by atoms with E-state index in [0.717, 1.165) is 23.2 Å². The fourth-order valence-electron chi connectivity index (χ4n) is 2.98. The molecule has 4 nitrogen and oxygen atoms in total. The van der Waals surface area contributed by atoms with Crippen LogP contribution in [0, 0.1) is 0 Å². The lowest BCUT2D eigenvalue weighted by molar-refractivity contribution is -0.152. The number of halogens is 1. The van der Waals surface area contributed by atoms with E-state index in [2.05, 4.69) is 0 Å². The Bertz CT molecular complexity index is 816. The van der Waals surface area contributed by atoms with Crippen molar-refractivity contribution in [2.75, 3.05) is 18.1 Å². The third kappa shape index (κ3) is 3.54. The van der Waals surface area contributed by atoms with Crippen LogP contribution >= 0.6 is 11.6 Å². The third-order valence-electron chi connectivity index (χ3n) is 4.57. The van der Waals surface area contributed by atoms with Crippen LogP contribution in [0.15, 0.2) is 48.5 Å². The zero-order chi connectivity index (χ0) is 18.0. The van der Waals surface area contributed by atoms with Gasteiger partial charge in [-0.15, -0.1) is 0 Å². The number of carbonyl (C=O) groups is 2. The van der Waals surface area contributed by atoms with Gasteiger partial charge in [0.1, 0.15) is 0 Å². The molecule has 1 heterocycles. The molecule has 1 aliphatic rings. The fourth-order valence-corrected chi connectivity index (χ4v) is 3.17. The van der Waals surface area contributed by atoms with Gasteiger partial charge in [-0.05, 0) is 49.6 Å². The van der Waals surface area contributed by atoms with Gasteiger partial charge < -0.3 is 9.64 Å². The highest BCUT2D eigenvalue weighted by atomic mass is 35.5. The number of hydrogen-bond donors (Lipinski definition) is 0. The molecule has 0 aromatic heterocycles. The van der Waals surface area contributed by atoms with Crippen molar-refractivity contribution in [3.8, 4) is 0 Å². The van der Waals surface area contributed by atoms with Crippen LogP contribution in [0.1, 0.15) is 25.0 Å². The SMILES string of the molecule is CC(C)(C(=O)OCC(=O)N1CCc2ccccc21)c1cccc(Cl)c1. The van der Waals surface area contributed by atoms with Crippen LogP contribution in [0.25, 0.3) is 0 Å². The average Bonchev–Trinajstić information content (AvgIpc) is 3.03. The molecule has 2 aromatic rings. The van der Waals surface area contributed by atoms with Crippen molar-refractivity contribution in [2.24, 2.45) is 0 Å². The summed E-state index contributed by atoms with van der Waals surface area (Å²) in [5, 5.41) is 0.558. The predicted octanol–water partition coefficient (Wildman–Crippen LogP) is 3.75. The van der Waals surface area contributed by atoms with E-state index in [1.807, 2.05) is 30.3 Å². The molecule has 0 N–H and O–H groups in total. The van der Waals surface area contributed by atoms with Gasteiger partial charge in [0.15, 0.2) is 6.61 Å². The maximum atomic E-state index is 12.5. The van der Waals surface area contributed by atoms with Crippen LogP contribution < -0.4 is 4.90 Å². The number of esters is 1. The summed E-state index contributed by atoms with van der Waals surface area (Å²) in [5.74, 6) is -0.657. The molecule has 0 spiro atoms. The Hall–Kier alpha value is -2.33. The minimum atomic E-state index is -0.881. The first-order valence-electron chi connectivity index (χ1n) is 8.21. The molecule has 0 bridgehead atoms. The first-order chi connectivity index (χ1) is 11.9. The summed E-state index contributed by atoms with van der Waals surface area (Å²) >= 11 is 6.00. The molecule has 0 unspecified atom stereocenters. The van der Waals surface area contributed by atoms with Crippen LogP contribution in [0.5, 0.6) is 0 Å². The Morgan fingerprint density at radius 1 is 1.16 bits per heavy atom. The molecule has 2 aromatic carbocycles. The first-order valence-corrected chi connectivity index (χ1v) is 8.59. The summed E-state index contributed by atoms with van der Waals surface area (Å²) in [6.07, 6.45) is 0.823. The van der Waals surface area contributed by atoms with Gasteiger partial charge in [-0.2, -0.15) is 0 Å². The van der Waals surface area contributed by atoms with E-state index >= 15 is 0 Å². The molecule has 0 fully saturated rings. The zero-order valence-corrected chi connectivity index (χ0v) is 15.0. The van der Waals surface area contributed by atoms with Gasteiger partial charge in [0.05, 0.1) is 5.41 Å². The van der Waals surface area contributed by atoms with Crippen molar-refractivity contribution in [3.63, 3.8) is 0 Å². The highest BCUT2D eigenvalue weighted by molar-refractivity contribution is 6.30. The molecule has 0 saturated heterocycles. The normalized spacial score (nSPS) is 13.5. The maximum Gasteiger partial charge on any atom is 0.316 e. The van der Waals surface area contributed by atoms with Crippen LogP contribution in [-0.4, -0.2) is 25.0 Å². The average molecular weight is 358 g/mol. The minimum Gasteiger partial charge on any atom is -0.455 e. The van der Waals surface area contributed by atoms with Crippen LogP contribution in [0.3, 0.4) is 0 Å². The van der Waals surface area contributed by atoms with Gasteiger partial charge in [0.2, 0.25) is 0 Å². The van der Waals surface area contributed by atoms with Gasteiger partial charge in [0.25, 0.3) is 5.91 Å². The number of anilines is 1. The smallest absolute Gasteiger partial charge is 0.316 e. The molecule has 5 heteroatoms. The van der Waals surface area contributed by atoms with Crippen molar-refractivity contribution in [1.82, 2.24) is 0 Å². The highest BCUT2D eigenvalue weighted by Crippen LogP contribution is 2.29. The van der Waals surface area contributed by atoms with Crippen molar-refractivity contribution in [2.45, 2.75) is 25.7 Å². The number of fused-ring (bicyclic) bond motifs is 1. The van der Waals surface area contributed by atoms with Gasteiger partial charge in [-0.25, -0.2) is 0 Å². The summed E-state index contributed by atoms with van der Waals surface area (Å²) in [5.41, 5.74) is 1.91. The Kier molecular flexibility index (Phi) is 4.82. The summed E-state index contributed by atoms with van der Waals surface area (Å²) in [6.45, 7) is 3.87. The molecule has 1 amide bonds. The van der Waals surface area contributed by atoms with E-state index in [0.29, 0.717) is 11.6 Å². The summed E-state index contributed by atoms with van der Waals surface area (Å²) < 4.78 is 5.32. The van der Waals surface area contributed by atoms with Gasteiger partial charge >= 0.3 is 5.97 Å². The molecule has 1 aliphatic heterocycles. The van der Waals surface area contributed by atoms with Crippen LogP contribution in [0.4, 0.5) is 5.69 Å². The quantitative estimate of drug-likeness (QED) is 0.783. The number of benzene rings is 2. The second-order valence-electron chi connectivity index (χ2n) is 6.64. The van der Waals surface area contributed by atoms with Crippen molar-refractivity contribution in [3.05, 3.63) is 64.7 Å². The number of carbonyl (C=O) groups excluding carboxylic acids is 2. The topological polar surface area (TPSA) is 46.6 Å². The summed E-state index contributed by atoms with van der Waals surface area (Å²) in [6, 6.07) is 14.9. The van der Waals surface area contributed by atoms with E-state index < -0.39 is 11.4 Å². The van der Waals surface area contributed by atoms with Gasteiger partial charge in [0, 0.05) is 17.3 Å². The number of rotatable bonds is 4. The zero-order valence-electron chi connectivity index (χ0n) is 14.3. The molecule has 0 aliphatic carbocycles. The van der Waals surface area contributed by atoms with Crippen LogP contribution in [-0.2, 0) is 26.2 Å². The van der Waals surface area contributed by atoms with E-state index in [1.165, 1.54) is 0 Å². The Labute approximate surface area is 152 Å². The van der Waals surface area contributed by atoms with E-state index in [9.17, 15) is 9.59 Å². The maximum absolute atomic E-state index is 12.5. The number of ether oxygens (including phenoxy) is 1. The first kappa shape index (κ1) is 17.5. The summed E-state index contributed by atoms with van der Waals surface area (Å²) in [4.78, 5) is 26.6. The molecule has 0 atom stereocenters. The fraction of sp³-hybridized carbons (Fsp3) is 0.300. The summed E-state index contributed by atoms with van der Waals surface area (Å²) in [7, 11) is 0. The molecule has 3 rings (SSSR count). The van der Waals surface area contributed by atoms with Gasteiger partial charge in [-0.3, -0.25) is 9.59 Å². The number of nitrogens with zero attached hydrogens (tertiary/aromatic N) is 1. The van der Waals surface area contributed by atoms with Crippen molar-refractivity contribution >= 4 is 29.2 Å². The van der Waals surface area contributed by atoms with E-state index in [4.69, 9.17) is 16.3 Å². The molecule has 25 heavy (non-hydrogen) atoms. The highest BCUT2D eigenvalue weighted by Gasteiger charge is 2.33. The van der Waals surface area contributed by atoms with Crippen LogP contribution in [0.2, 0.25) is 5.02 Å². The monoisotopic (exact) mass is 357 g/mol. The second-order valence-corrected chi connectivity index (χ2v) is 7.07. The number of para-hydroxylation sites is 1. The third-order valence-corrected chi connectivity index (χ3v) is 4.81. The lowest BCUT2D eigenvalue weighted by Crippen LogP contribution is -2.37. The lowest BCUT2D eigenvalue weighted by Gasteiger charge is -2.24. The standard InChI is InChI=1S/C20H20ClNO3/c1-20(2,15-7-5-8-16(21)12-15)19(24)25-13-18(23)22-11-10-14-6-3-4-9-17(14)22/h3-9,12H,10-11,13H2,1-2H3. The molecule has 0 saturated carbocycles. The minimum absolute atomic E-state index is 0.208. The largest absolute Gasteiger partial charge is 0.455 e. The Balaban J connectivity index is 1.65. The van der Waals surface area contributed by atoms with Gasteiger partial charge in [-0.1, -0.05) is 41.9 Å². The number of amides is 1. The van der Waals surface area contributed by atoms with Crippen molar-refractivity contribution in [1.29, 1.82) is 0 Å². The molecular weight excluding hydrogens is 338 g/mol. The van der Waals surface area contributed by atoms with Crippen molar-refractivity contribution < 1.29 is 14.3 Å². The molecular formula is C20H20ClNO3. The Morgan fingerprint density at radius 3 is 2.68 bits per heavy atom. The van der Waals surface area contributed by atoms with E-state index in [-0.39, 0.29) is 12.5 Å². The number of hydrogen-bond acceptors (Lipinski definition) is 3. The van der Waals surface area contributed by atoms with E-state index in [1.54, 1.807) is 36.9 Å². The molecule has 0 radical (unpaired) electrons. The lowest BCUT2D eigenvalue weighted by atomic mass is 9.85. The second kappa shape index (κ2) is 6.89. The Morgan fingerprint density at radius 2 is 1.92 bits per heavy atom. The predicted molar refractivity (Wildman–Crippen MR) is 97.9 cm³/mol. The molecule has 130 valence electrons.